The van der Waals surface area contributed by atoms with E-state index in [4.69, 9.17) is 4.42 Å². The molecule has 0 fully saturated rings. The first-order valence-electron chi connectivity index (χ1n) is 5.71. The highest BCUT2D eigenvalue weighted by Gasteiger charge is 2.11. The van der Waals surface area contributed by atoms with Crippen molar-refractivity contribution in [2.24, 2.45) is 4.99 Å². The molecular weight excluding hydrogens is 360 g/mol. The second-order valence-corrected chi connectivity index (χ2v) is 3.97. The number of halogens is 2. The molecule has 1 aromatic heterocycles. The summed E-state index contributed by atoms with van der Waals surface area (Å²) in [6.07, 6.45) is 0. The largest absolute Gasteiger partial charge is 0.459 e. The van der Waals surface area contributed by atoms with Crippen molar-refractivity contribution in [1.29, 1.82) is 0 Å². The number of nitrogens with one attached hydrogen (secondary N) is 2. The van der Waals surface area contributed by atoms with Gasteiger partial charge in [0.05, 0.1) is 6.54 Å². The third-order valence-electron chi connectivity index (χ3n) is 2.87. The summed E-state index contributed by atoms with van der Waals surface area (Å²) >= 11 is 0. The Morgan fingerprint density at radius 3 is 2.79 bits per heavy atom. The molecule has 2 N–H and O–H groups in total. The zero-order chi connectivity index (χ0) is 13.1. The molecule has 0 saturated carbocycles. The molecule has 1 aromatic carbocycles. The number of rotatable bonds is 2. The first kappa shape index (κ1) is 15.7. The quantitative estimate of drug-likeness (QED) is 0.481. The SMILES string of the molecule is CN=C(NC)NCc1oc2ccc(F)cc2c1C.I. The number of benzene rings is 1. The van der Waals surface area contributed by atoms with E-state index in [0.29, 0.717) is 18.1 Å². The van der Waals surface area contributed by atoms with Crippen molar-refractivity contribution in [1.82, 2.24) is 10.6 Å². The fraction of sp³-hybridized carbons (Fsp3) is 0.308. The van der Waals surface area contributed by atoms with Gasteiger partial charge in [0.25, 0.3) is 0 Å². The molecule has 2 aromatic rings. The molecule has 0 unspecified atom stereocenters. The van der Waals surface area contributed by atoms with E-state index in [-0.39, 0.29) is 29.8 Å². The summed E-state index contributed by atoms with van der Waals surface area (Å²) in [7, 11) is 3.48. The molecule has 19 heavy (non-hydrogen) atoms. The van der Waals surface area contributed by atoms with Gasteiger partial charge in [0.1, 0.15) is 17.2 Å². The van der Waals surface area contributed by atoms with E-state index in [1.807, 2.05) is 6.92 Å². The van der Waals surface area contributed by atoms with Gasteiger partial charge >= 0.3 is 0 Å². The molecule has 0 spiro atoms. The van der Waals surface area contributed by atoms with Crippen LogP contribution in [0.4, 0.5) is 4.39 Å². The Bertz CT molecular complexity index is 595. The molecule has 0 saturated heterocycles. The monoisotopic (exact) mass is 377 g/mol. The maximum Gasteiger partial charge on any atom is 0.191 e. The second kappa shape index (κ2) is 6.74. The maximum absolute atomic E-state index is 13.2. The highest BCUT2D eigenvalue weighted by atomic mass is 127. The zero-order valence-corrected chi connectivity index (χ0v) is 13.4. The summed E-state index contributed by atoms with van der Waals surface area (Å²) in [5.41, 5.74) is 1.65. The molecule has 0 aliphatic heterocycles. The van der Waals surface area contributed by atoms with Crippen LogP contribution in [0.25, 0.3) is 11.0 Å². The van der Waals surface area contributed by atoms with Crippen LogP contribution in [0, 0.1) is 12.7 Å². The number of nitrogens with zero attached hydrogens (tertiary/aromatic N) is 1. The molecule has 1 heterocycles. The van der Waals surface area contributed by atoms with Crippen LogP contribution in [-0.2, 0) is 6.54 Å². The number of aliphatic imine (C=N–C) groups is 1. The normalized spacial score (nSPS) is 11.3. The highest BCUT2D eigenvalue weighted by Crippen LogP contribution is 2.25. The van der Waals surface area contributed by atoms with Gasteiger partial charge in [0.15, 0.2) is 5.96 Å². The molecule has 0 amide bonds. The van der Waals surface area contributed by atoms with E-state index < -0.39 is 0 Å². The fourth-order valence-corrected chi connectivity index (χ4v) is 1.86. The van der Waals surface area contributed by atoms with Gasteiger partial charge in [0, 0.05) is 25.0 Å². The van der Waals surface area contributed by atoms with Gasteiger partial charge < -0.3 is 15.1 Å². The number of aryl methyl sites for hydroxylation is 1. The number of furan rings is 1. The van der Waals surface area contributed by atoms with Crippen LogP contribution in [0.5, 0.6) is 0 Å². The molecule has 4 nitrogen and oxygen atoms in total. The van der Waals surface area contributed by atoms with E-state index in [2.05, 4.69) is 15.6 Å². The highest BCUT2D eigenvalue weighted by molar-refractivity contribution is 14.0. The van der Waals surface area contributed by atoms with Gasteiger partial charge in [0.2, 0.25) is 0 Å². The Balaban J connectivity index is 0.00000180. The Labute approximate surface area is 128 Å². The lowest BCUT2D eigenvalue weighted by atomic mass is 10.1. The van der Waals surface area contributed by atoms with Crippen molar-refractivity contribution >= 4 is 40.9 Å². The van der Waals surface area contributed by atoms with E-state index in [9.17, 15) is 4.39 Å². The third-order valence-corrected chi connectivity index (χ3v) is 2.87. The lowest BCUT2D eigenvalue weighted by molar-refractivity contribution is 0.534. The van der Waals surface area contributed by atoms with Crippen LogP contribution >= 0.6 is 24.0 Å². The van der Waals surface area contributed by atoms with Crippen molar-refractivity contribution < 1.29 is 8.81 Å². The van der Waals surface area contributed by atoms with Gasteiger partial charge in [-0.05, 0) is 25.1 Å². The molecule has 2 rings (SSSR count). The van der Waals surface area contributed by atoms with Crippen molar-refractivity contribution in [3.8, 4) is 0 Å². The zero-order valence-electron chi connectivity index (χ0n) is 11.1. The minimum Gasteiger partial charge on any atom is -0.459 e. The molecule has 0 atom stereocenters. The molecule has 104 valence electrons. The number of fused-ring (bicyclic) bond motifs is 1. The number of hydrogen-bond acceptors (Lipinski definition) is 2. The first-order chi connectivity index (χ1) is 8.65. The van der Waals surface area contributed by atoms with Gasteiger partial charge in [-0.1, -0.05) is 0 Å². The van der Waals surface area contributed by atoms with Crippen molar-refractivity contribution in [2.45, 2.75) is 13.5 Å². The lowest BCUT2D eigenvalue weighted by Crippen LogP contribution is -2.34. The Morgan fingerprint density at radius 2 is 2.16 bits per heavy atom. The van der Waals surface area contributed by atoms with Crippen LogP contribution in [0.1, 0.15) is 11.3 Å². The molecule has 6 heteroatoms. The first-order valence-corrected chi connectivity index (χ1v) is 5.71. The summed E-state index contributed by atoms with van der Waals surface area (Å²) in [5.74, 6) is 1.21. The standard InChI is InChI=1S/C13H16FN3O.HI/c1-8-10-6-9(14)4-5-11(10)18-12(8)7-17-13(15-2)16-3;/h4-6H,7H2,1-3H3,(H2,15,16,17);1H. The van der Waals surface area contributed by atoms with Gasteiger partial charge in [-0.3, -0.25) is 4.99 Å². The minimum atomic E-state index is -0.253. The predicted molar refractivity (Wildman–Crippen MR) is 85.6 cm³/mol. The van der Waals surface area contributed by atoms with Crippen LogP contribution in [0.15, 0.2) is 27.6 Å². The van der Waals surface area contributed by atoms with Gasteiger partial charge in [-0.25, -0.2) is 4.39 Å². The Kier molecular flexibility index (Phi) is 5.59. The summed E-state index contributed by atoms with van der Waals surface area (Å²) in [4.78, 5) is 4.01. The summed E-state index contributed by atoms with van der Waals surface area (Å²) in [6, 6.07) is 4.54. The van der Waals surface area contributed by atoms with E-state index in [1.165, 1.54) is 12.1 Å². The van der Waals surface area contributed by atoms with E-state index in [0.717, 1.165) is 16.7 Å². The van der Waals surface area contributed by atoms with Gasteiger partial charge in [-0.2, -0.15) is 0 Å². The molecule has 0 radical (unpaired) electrons. The summed E-state index contributed by atoms with van der Waals surface area (Å²) in [5, 5.41) is 6.84. The minimum absolute atomic E-state index is 0. The van der Waals surface area contributed by atoms with Crippen molar-refractivity contribution in [3.05, 3.63) is 35.3 Å². The summed E-state index contributed by atoms with van der Waals surface area (Å²) < 4.78 is 18.8. The van der Waals surface area contributed by atoms with Gasteiger partial charge in [-0.15, -0.1) is 24.0 Å². The Hall–Kier alpha value is -1.31. The summed E-state index contributed by atoms with van der Waals surface area (Å²) in [6.45, 7) is 2.43. The number of guanidine groups is 1. The maximum atomic E-state index is 13.2. The van der Waals surface area contributed by atoms with E-state index in [1.54, 1.807) is 20.2 Å². The lowest BCUT2D eigenvalue weighted by Gasteiger charge is -2.06. The average Bonchev–Trinajstić information content (AvgIpc) is 2.68. The van der Waals surface area contributed by atoms with Crippen LogP contribution in [0.3, 0.4) is 0 Å². The molecule has 0 aliphatic carbocycles. The van der Waals surface area contributed by atoms with Crippen molar-refractivity contribution in [2.75, 3.05) is 14.1 Å². The van der Waals surface area contributed by atoms with Crippen LogP contribution in [-0.4, -0.2) is 20.1 Å². The molecule has 0 bridgehead atoms. The average molecular weight is 377 g/mol. The fourth-order valence-electron chi connectivity index (χ4n) is 1.86. The predicted octanol–water partition coefficient (Wildman–Crippen LogP) is 2.79. The topological polar surface area (TPSA) is 49.6 Å². The molecular formula is C13H17FIN3O. The van der Waals surface area contributed by atoms with Crippen LogP contribution < -0.4 is 10.6 Å². The number of hydrogen-bond donors (Lipinski definition) is 2. The smallest absolute Gasteiger partial charge is 0.191 e. The van der Waals surface area contributed by atoms with E-state index >= 15 is 0 Å². The molecule has 0 aliphatic rings. The third kappa shape index (κ3) is 3.37. The van der Waals surface area contributed by atoms with Crippen LogP contribution in [0.2, 0.25) is 0 Å². The van der Waals surface area contributed by atoms with Crippen molar-refractivity contribution in [3.63, 3.8) is 0 Å². The Morgan fingerprint density at radius 1 is 1.42 bits per heavy atom. The second-order valence-electron chi connectivity index (χ2n) is 3.97.